The van der Waals surface area contributed by atoms with Crippen LogP contribution in [0.2, 0.25) is 0 Å². The van der Waals surface area contributed by atoms with Crippen LogP contribution in [0.1, 0.15) is 11.0 Å². The van der Waals surface area contributed by atoms with E-state index in [1.54, 1.807) is 18.2 Å². The summed E-state index contributed by atoms with van der Waals surface area (Å²) in [7, 11) is 0. The molecule has 1 atom stereocenters. The van der Waals surface area contributed by atoms with Crippen LogP contribution in [-0.2, 0) is 0 Å². The highest BCUT2D eigenvalue weighted by molar-refractivity contribution is 9.10. The fourth-order valence-electron chi connectivity index (χ4n) is 1.41. The van der Waals surface area contributed by atoms with Crippen molar-refractivity contribution in [1.29, 1.82) is 0 Å². The lowest BCUT2D eigenvalue weighted by molar-refractivity contribution is 0.208. The molecule has 0 aliphatic rings. The van der Waals surface area contributed by atoms with E-state index in [1.165, 1.54) is 17.4 Å². The van der Waals surface area contributed by atoms with Gasteiger partial charge in [-0.3, -0.25) is 0 Å². The molecule has 1 heterocycles. The molecule has 0 fully saturated rings. The molecule has 2 N–H and O–H groups in total. The summed E-state index contributed by atoms with van der Waals surface area (Å²) in [4.78, 5) is 0.975. The molecule has 90 valence electrons. The van der Waals surface area contributed by atoms with Gasteiger partial charge in [0.15, 0.2) is 11.6 Å². The average Bonchev–Trinajstić information content (AvgIpc) is 2.75. The Morgan fingerprint density at radius 3 is 2.76 bits per heavy atom. The molecular weight excluding hydrogens is 305 g/mol. The van der Waals surface area contributed by atoms with E-state index in [9.17, 15) is 4.39 Å². The standard InChI is InChI=1S/C12H11BrFNOS/c13-8-5-12(17-7-8)11(6-15)16-10-4-2-1-3-9(10)14/h1-5,7,11H,6,15H2. The summed E-state index contributed by atoms with van der Waals surface area (Å²) in [6, 6.07) is 8.26. The first-order valence-electron chi connectivity index (χ1n) is 5.06. The monoisotopic (exact) mass is 315 g/mol. The first-order valence-corrected chi connectivity index (χ1v) is 6.73. The Hall–Kier alpha value is -0.910. The van der Waals surface area contributed by atoms with Crippen molar-refractivity contribution in [2.75, 3.05) is 6.54 Å². The quantitative estimate of drug-likeness (QED) is 0.933. The SMILES string of the molecule is NCC(Oc1ccccc1F)c1cc(Br)cs1. The molecule has 0 saturated carbocycles. The Balaban J connectivity index is 2.18. The third kappa shape index (κ3) is 3.06. The van der Waals surface area contributed by atoms with Crippen molar-refractivity contribution in [1.82, 2.24) is 0 Å². The molecule has 0 radical (unpaired) electrons. The van der Waals surface area contributed by atoms with E-state index in [0.29, 0.717) is 6.54 Å². The third-order valence-corrected chi connectivity index (χ3v) is 4.01. The fraction of sp³-hybridized carbons (Fsp3) is 0.167. The van der Waals surface area contributed by atoms with Gasteiger partial charge in [0.2, 0.25) is 0 Å². The van der Waals surface area contributed by atoms with Crippen molar-refractivity contribution >= 4 is 27.3 Å². The summed E-state index contributed by atoms with van der Waals surface area (Å²) >= 11 is 4.90. The Morgan fingerprint density at radius 2 is 2.18 bits per heavy atom. The number of nitrogens with two attached hydrogens (primary N) is 1. The van der Waals surface area contributed by atoms with Gasteiger partial charge in [0.05, 0.1) is 0 Å². The van der Waals surface area contributed by atoms with Gasteiger partial charge < -0.3 is 10.5 Å². The summed E-state index contributed by atoms with van der Waals surface area (Å²) < 4.78 is 20.0. The van der Waals surface area contributed by atoms with E-state index in [4.69, 9.17) is 10.5 Å². The highest BCUT2D eigenvalue weighted by atomic mass is 79.9. The van der Waals surface area contributed by atoms with Crippen LogP contribution in [-0.4, -0.2) is 6.54 Å². The van der Waals surface area contributed by atoms with Crippen LogP contribution >= 0.6 is 27.3 Å². The van der Waals surface area contributed by atoms with Gasteiger partial charge in [0.25, 0.3) is 0 Å². The molecule has 17 heavy (non-hydrogen) atoms. The van der Waals surface area contributed by atoms with Crippen molar-refractivity contribution in [3.8, 4) is 5.75 Å². The summed E-state index contributed by atoms with van der Waals surface area (Å²) in [6.07, 6.45) is -0.316. The van der Waals surface area contributed by atoms with Crippen LogP contribution in [0, 0.1) is 5.82 Å². The topological polar surface area (TPSA) is 35.2 Å². The first kappa shape index (κ1) is 12.5. The van der Waals surface area contributed by atoms with E-state index in [2.05, 4.69) is 15.9 Å². The third-order valence-electron chi connectivity index (χ3n) is 2.23. The second-order valence-electron chi connectivity index (χ2n) is 3.44. The van der Waals surface area contributed by atoms with E-state index in [1.807, 2.05) is 11.4 Å². The Kier molecular flexibility index (Phi) is 4.15. The highest BCUT2D eigenvalue weighted by Crippen LogP contribution is 2.29. The molecular formula is C12H11BrFNOS. The van der Waals surface area contributed by atoms with E-state index in [-0.39, 0.29) is 17.7 Å². The van der Waals surface area contributed by atoms with Crippen LogP contribution in [0.3, 0.4) is 0 Å². The fourth-order valence-corrected chi connectivity index (χ4v) is 2.90. The van der Waals surface area contributed by atoms with Crippen LogP contribution in [0.15, 0.2) is 40.2 Å². The number of thiophene rings is 1. The molecule has 0 saturated heterocycles. The Bertz CT molecular complexity index is 503. The average molecular weight is 316 g/mol. The number of rotatable bonds is 4. The van der Waals surface area contributed by atoms with Crippen molar-refractivity contribution in [3.05, 3.63) is 50.9 Å². The van der Waals surface area contributed by atoms with Gasteiger partial charge in [-0.2, -0.15) is 0 Å². The highest BCUT2D eigenvalue weighted by Gasteiger charge is 2.15. The maximum absolute atomic E-state index is 13.4. The lowest BCUT2D eigenvalue weighted by atomic mass is 10.2. The summed E-state index contributed by atoms with van der Waals surface area (Å²) in [5.41, 5.74) is 5.66. The number of benzene rings is 1. The normalized spacial score (nSPS) is 12.4. The number of halogens is 2. The molecule has 2 aromatic rings. The Morgan fingerprint density at radius 1 is 1.41 bits per heavy atom. The molecule has 2 rings (SSSR count). The van der Waals surface area contributed by atoms with E-state index < -0.39 is 0 Å². The van der Waals surface area contributed by atoms with Gasteiger partial charge in [-0.05, 0) is 34.1 Å². The zero-order valence-electron chi connectivity index (χ0n) is 8.90. The van der Waals surface area contributed by atoms with Gasteiger partial charge in [0.1, 0.15) is 6.10 Å². The van der Waals surface area contributed by atoms with Crippen molar-refractivity contribution in [2.24, 2.45) is 5.73 Å². The minimum atomic E-state index is -0.374. The smallest absolute Gasteiger partial charge is 0.165 e. The number of hydrogen-bond donors (Lipinski definition) is 1. The minimum absolute atomic E-state index is 0.229. The van der Waals surface area contributed by atoms with Crippen LogP contribution in [0.25, 0.3) is 0 Å². The molecule has 1 aromatic heterocycles. The minimum Gasteiger partial charge on any atom is -0.480 e. The predicted octanol–water partition coefficient (Wildman–Crippen LogP) is 3.73. The lowest BCUT2D eigenvalue weighted by Crippen LogP contribution is -2.17. The molecule has 1 aromatic carbocycles. The maximum Gasteiger partial charge on any atom is 0.165 e. The maximum atomic E-state index is 13.4. The number of ether oxygens (including phenoxy) is 1. The van der Waals surface area contributed by atoms with E-state index in [0.717, 1.165) is 9.35 Å². The zero-order valence-corrected chi connectivity index (χ0v) is 11.3. The largest absolute Gasteiger partial charge is 0.480 e. The molecule has 2 nitrogen and oxygen atoms in total. The van der Waals surface area contributed by atoms with Gasteiger partial charge >= 0.3 is 0 Å². The zero-order chi connectivity index (χ0) is 12.3. The van der Waals surface area contributed by atoms with Crippen molar-refractivity contribution in [3.63, 3.8) is 0 Å². The molecule has 0 aliphatic heterocycles. The number of hydrogen-bond acceptors (Lipinski definition) is 3. The van der Waals surface area contributed by atoms with Gasteiger partial charge in [-0.1, -0.05) is 12.1 Å². The summed E-state index contributed by atoms with van der Waals surface area (Å²) in [5, 5.41) is 1.95. The van der Waals surface area contributed by atoms with Crippen LogP contribution < -0.4 is 10.5 Å². The van der Waals surface area contributed by atoms with Crippen molar-refractivity contribution < 1.29 is 9.13 Å². The van der Waals surface area contributed by atoms with E-state index >= 15 is 0 Å². The molecule has 0 amide bonds. The van der Waals surface area contributed by atoms with Gasteiger partial charge in [0, 0.05) is 21.3 Å². The molecule has 5 heteroatoms. The second-order valence-corrected chi connectivity index (χ2v) is 5.30. The number of para-hydroxylation sites is 1. The summed E-state index contributed by atoms with van der Waals surface area (Å²) in [5.74, 6) is -0.144. The Labute approximate surface area is 111 Å². The van der Waals surface area contributed by atoms with Crippen LogP contribution in [0.5, 0.6) is 5.75 Å². The molecule has 1 unspecified atom stereocenters. The molecule has 0 bridgehead atoms. The van der Waals surface area contributed by atoms with Gasteiger partial charge in [-0.25, -0.2) is 4.39 Å². The summed E-state index contributed by atoms with van der Waals surface area (Å²) in [6.45, 7) is 0.307. The lowest BCUT2D eigenvalue weighted by Gasteiger charge is -2.16. The van der Waals surface area contributed by atoms with Gasteiger partial charge in [-0.15, -0.1) is 11.3 Å². The first-order chi connectivity index (χ1) is 8.20. The molecule has 0 spiro atoms. The van der Waals surface area contributed by atoms with Crippen molar-refractivity contribution in [2.45, 2.75) is 6.10 Å². The second kappa shape index (κ2) is 5.62. The van der Waals surface area contributed by atoms with Crippen LogP contribution in [0.4, 0.5) is 4.39 Å². The predicted molar refractivity (Wildman–Crippen MR) is 70.8 cm³/mol. The molecule has 0 aliphatic carbocycles.